The molecule has 0 radical (unpaired) electrons. The first kappa shape index (κ1) is 13.4. The predicted molar refractivity (Wildman–Crippen MR) is 75.0 cm³/mol. The van der Waals surface area contributed by atoms with Crippen molar-refractivity contribution in [1.82, 2.24) is 0 Å². The standard InChI is InChI=1S/C11H15BrN2OS/c1-15-6-2-5-14-10-4-3-8(12)7-9(10)11(13)16/h3-4,7,14H,2,5-6H2,1H3,(H2,13,16). The van der Waals surface area contributed by atoms with Crippen LogP contribution in [0.3, 0.4) is 0 Å². The second kappa shape index (κ2) is 6.83. The molecular formula is C11H15BrN2OS. The number of methoxy groups -OCH3 is 1. The van der Waals surface area contributed by atoms with Crippen molar-refractivity contribution < 1.29 is 4.74 Å². The molecule has 1 rings (SSSR count). The van der Waals surface area contributed by atoms with Gasteiger partial charge in [0.05, 0.1) is 0 Å². The van der Waals surface area contributed by atoms with Crippen LogP contribution in [0.2, 0.25) is 0 Å². The number of nitrogens with two attached hydrogens (primary N) is 1. The molecule has 1 aromatic carbocycles. The van der Waals surface area contributed by atoms with Crippen LogP contribution in [0.25, 0.3) is 0 Å². The summed E-state index contributed by atoms with van der Waals surface area (Å²) in [5.74, 6) is 0. The lowest BCUT2D eigenvalue weighted by atomic mass is 10.2. The fourth-order valence-electron chi connectivity index (χ4n) is 1.31. The quantitative estimate of drug-likeness (QED) is 0.626. The predicted octanol–water partition coefficient (Wildman–Crippen LogP) is 2.53. The second-order valence-corrected chi connectivity index (χ2v) is 4.68. The van der Waals surface area contributed by atoms with Crippen molar-refractivity contribution in [2.24, 2.45) is 5.73 Å². The van der Waals surface area contributed by atoms with Crippen LogP contribution in [-0.4, -0.2) is 25.2 Å². The van der Waals surface area contributed by atoms with Gasteiger partial charge in [0.1, 0.15) is 4.99 Å². The smallest absolute Gasteiger partial charge is 0.106 e. The minimum atomic E-state index is 0.399. The van der Waals surface area contributed by atoms with Crippen molar-refractivity contribution in [1.29, 1.82) is 0 Å². The molecule has 0 bridgehead atoms. The molecule has 3 N–H and O–H groups in total. The normalized spacial score (nSPS) is 10.1. The Bertz CT molecular complexity index is 371. The minimum Gasteiger partial charge on any atom is -0.389 e. The van der Waals surface area contributed by atoms with Crippen LogP contribution in [0.5, 0.6) is 0 Å². The average Bonchev–Trinajstić information content (AvgIpc) is 2.26. The summed E-state index contributed by atoms with van der Waals surface area (Å²) in [6, 6.07) is 5.84. The lowest BCUT2D eigenvalue weighted by molar-refractivity contribution is 0.198. The Hall–Kier alpha value is -0.650. The number of thiocarbonyl (C=S) groups is 1. The van der Waals surface area contributed by atoms with Crippen molar-refractivity contribution in [3.63, 3.8) is 0 Å². The number of nitrogens with one attached hydrogen (secondary N) is 1. The van der Waals surface area contributed by atoms with Crippen molar-refractivity contribution in [3.05, 3.63) is 28.2 Å². The lowest BCUT2D eigenvalue weighted by Gasteiger charge is -2.11. The molecule has 16 heavy (non-hydrogen) atoms. The third-order valence-electron chi connectivity index (χ3n) is 2.09. The molecular weight excluding hydrogens is 288 g/mol. The zero-order valence-corrected chi connectivity index (χ0v) is 11.5. The zero-order valence-electron chi connectivity index (χ0n) is 9.13. The van der Waals surface area contributed by atoms with E-state index in [-0.39, 0.29) is 0 Å². The highest BCUT2D eigenvalue weighted by atomic mass is 79.9. The van der Waals surface area contributed by atoms with E-state index in [1.54, 1.807) is 7.11 Å². The maximum atomic E-state index is 5.66. The Balaban J connectivity index is 2.67. The number of hydrogen-bond acceptors (Lipinski definition) is 3. The molecule has 1 aromatic rings. The number of hydrogen-bond donors (Lipinski definition) is 2. The number of ether oxygens (including phenoxy) is 1. The molecule has 0 saturated heterocycles. The Labute approximate surface area is 109 Å². The summed E-state index contributed by atoms with van der Waals surface area (Å²) >= 11 is 8.40. The maximum Gasteiger partial charge on any atom is 0.106 e. The molecule has 0 amide bonds. The SMILES string of the molecule is COCCCNc1ccc(Br)cc1C(N)=S. The van der Waals surface area contributed by atoms with Gasteiger partial charge in [0.2, 0.25) is 0 Å². The van der Waals surface area contributed by atoms with Gasteiger partial charge in [0.15, 0.2) is 0 Å². The lowest BCUT2D eigenvalue weighted by Crippen LogP contribution is -2.14. The van der Waals surface area contributed by atoms with Crippen LogP contribution in [0.1, 0.15) is 12.0 Å². The monoisotopic (exact) mass is 302 g/mol. The van der Waals surface area contributed by atoms with Gasteiger partial charge in [0.25, 0.3) is 0 Å². The van der Waals surface area contributed by atoms with E-state index in [0.717, 1.165) is 35.3 Å². The summed E-state index contributed by atoms with van der Waals surface area (Å²) in [7, 11) is 1.69. The number of anilines is 1. The van der Waals surface area contributed by atoms with Gasteiger partial charge in [-0.15, -0.1) is 0 Å². The maximum absolute atomic E-state index is 5.66. The van der Waals surface area contributed by atoms with E-state index in [1.807, 2.05) is 18.2 Å². The fourth-order valence-corrected chi connectivity index (χ4v) is 1.84. The second-order valence-electron chi connectivity index (χ2n) is 3.33. The zero-order chi connectivity index (χ0) is 12.0. The van der Waals surface area contributed by atoms with Crippen molar-refractivity contribution in [2.45, 2.75) is 6.42 Å². The van der Waals surface area contributed by atoms with Crippen LogP contribution in [0.15, 0.2) is 22.7 Å². The van der Waals surface area contributed by atoms with E-state index in [0.29, 0.717) is 4.99 Å². The molecule has 0 saturated carbocycles. The molecule has 5 heteroatoms. The first-order valence-electron chi connectivity index (χ1n) is 4.97. The van der Waals surface area contributed by atoms with Crippen LogP contribution in [-0.2, 0) is 4.74 Å². The van der Waals surface area contributed by atoms with E-state index in [4.69, 9.17) is 22.7 Å². The van der Waals surface area contributed by atoms with Gasteiger partial charge < -0.3 is 15.8 Å². The van der Waals surface area contributed by atoms with E-state index in [1.165, 1.54) is 0 Å². The van der Waals surface area contributed by atoms with Gasteiger partial charge in [-0.3, -0.25) is 0 Å². The van der Waals surface area contributed by atoms with Crippen LogP contribution >= 0.6 is 28.1 Å². The molecule has 0 fully saturated rings. The summed E-state index contributed by atoms with van der Waals surface area (Å²) < 4.78 is 5.95. The number of rotatable bonds is 6. The molecule has 0 aromatic heterocycles. The van der Waals surface area contributed by atoms with E-state index in [9.17, 15) is 0 Å². The Morgan fingerprint density at radius 3 is 2.94 bits per heavy atom. The largest absolute Gasteiger partial charge is 0.389 e. The molecule has 0 heterocycles. The molecule has 0 aliphatic carbocycles. The number of benzene rings is 1. The van der Waals surface area contributed by atoms with Gasteiger partial charge in [-0.25, -0.2) is 0 Å². The minimum absolute atomic E-state index is 0.399. The van der Waals surface area contributed by atoms with Crippen molar-refractivity contribution in [2.75, 3.05) is 25.6 Å². The molecule has 0 aliphatic heterocycles. The molecule has 88 valence electrons. The molecule has 0 unspecified atom stereocenters. The van der Waals surface area contributed by atoms with Crippen LogP contribution in [0, 0.1) is 0 Å². The fraction of sp³-hybridized carbons (Fsp3) is 0.364. The summed E-state index contributed by atoms with van der Waals surface area (Å²) in [5.41, 5.74) is 7.49. The molecule has 0 aliphatic rings. The van der Waals surface area contributed by atoms with E-state index in [2.05, 4.69) is 21.2 Å². The topological polar surface area (TPSA) is 47.3 Å². The highest BCUT2D eigenvalue weighted by molar-refractivity contribution is 9.10. The first-order valence-corrected chi connectivity index (χ1v) is 6.17. The highest BCUT2D eigenvalue weighted by Gasteiger charge is 2.05. The summed E-state index contributed by atoms with van der Waals surface area (Å²) in [6.45, 7) is 1.58. The summed E-state index contributed by atoms with van der Waals surface area (Å²) in [6.07, 6.45) is 0.948. The van der Waals surface area contributed by atoms with Crippen LogP contribution in [0.4, 0.5) is 5.69 Å². The van der Waals surface area contributed by atoms with E-state index >= 15 is 0 Å². The Kier molecular flexibility index (Phi) is 5.73. The van der Waals surface area contributed by atoms with Crippen LogP contribution < -0.4 is 11.1 Å². The van der Waals surface area contributed by atoms with E-state index < -0.39 is 0 Å². The molecule has 0 atom stereocenters. The number of halogens is 1. The van der Waals surface area contributed by atoms with Gasteiger partial charge in [-0.2, -0.15) is 0 Å². The third-order valence-corrected chi connectivity index (χ3v) is 2.80. The summed E-state index contributed by atoms with van der Waals surface area (Å²) in [5, 5.41) is 3.29. The van der Waals surface area contributed by atoms with Gasteiger partial charge in [-0.05, 0) is 24.6 Å². The highest BCUT2D eigenvalue weighted by Crippen LogP contribution is 2.20. The van der Waals surface area contributed by atoms with Gasteiger partial charge >= 0.3 is 0 Å². The van der Waals surface area contributed by atoms with Crippen molar-refractivity contribution >= 4 is 38.8 Å². The molecule has 0 spiro atoms. The van der Waals surface area contributed by atoms with Gasteiger partial charge in [-0.1, -0.05) is 28.1 Å². The Morgan fingerprint density at radius 1 is 1.56 bits per heavy atom. The van der Waals surface area contributed by atoms with Gasteiger partial charge in [0, 0.05) is 36.0 Å². The molecule has 3 nitrogen and oxygen atoms in total. The Morgan fingerprint density at radius 2 is 2.31 bits per heavy atom. The third kappa shape index (κ3) is 4.08. The average molecular weight is 303 g/mol. The summed E-state index contributed by atoms with van der Waals surface area (Å²) in [4.78, 5) is 0.399. The first-order chi connectivity index (χ1) is 7.65. The van der Waals surface area contributed by atoms with Crippen molar-refractivity contribution in [3.8, 4) is 0 Å².